The number of fused-ring (bicyclic) bond motifs is 1. The predicted molar refractivity (Wildman–Crippen MR) is 126 cm³/mol. The average Bonchev–Trinajstić information content (AvgIpc) is 3.04. The molecule has 0 saturated carbocycles. The van der Waals surface area contributed by atoms with E-state index in [9.17, 15) is 14.3 Å². The van der Waals surface area contributed by atoms with Crippen LogP contribution in [0.15, 0.2) is 72.3 Å². The first-order valence-corrected chi connectivity index (χ1v) is 10.7. The zero-order valence-electron chi connectivity index (χ0n) is 18.2. The number of hydrogen-bond acceptors (Lipinski definition) is 2. The minimum Gasteiger partial charge on any atom is -0.489 e. The molecule has 0 aromatic heterocycles. The molecular weight excluding hydrogens is 403 g/mol. The van der Waals surface area contributed by atoms with Crippen LogP contribution in [0.25, 0.3) is 17.2 Å². The number of hydrogen-bond donors (Lipinski definition) is 1. The summed E-state index contributed by atoms with van der Waals surface area (Å²) in [5.74, 6) is -0.503. The van der Waals surface area contributed by atoms with E-state index in [2.05, 4.69) is 37.3 Å². The van der Waals surface area contributed by atoms with E-state index in [-0.39, 0.29) is 12.2 Å². The van der Waals surface area contributed by atoms with Crippen LogP contribution in [0.5, 0.6) is 5.75 Å². The number of allylic oxidation sites excluding steroid dienone is 2. The Hall–Kier alpha value is -3.66. The van der Waals surface area contributed by atoms with E-state index in [0.717, 1.165) is 45.4 Å². The molecule has 3 nitrogen and oxygen atoms in total. The van der Waals surface area contributed by atoms with Crippen molar-refractivity contribution >= 4 is 23.2 Å². The van der Waals surface area contributed by atoms with Crippen LogP contribution in [-0.4, -0.2) is 11.1 Å². The molecule has 4 heteroatoms. The van der Waals surface area contributed by atoms with Gasteiger partial charge in [0.15, 0.2) is 0 Å². The Morgan fingerprint density at radius 1 is 1.00 bits per heavy atom. The van der Waals surface area contributed by atoms with E-state index in [1.165, 1.54) is 17.7 Å². The smallest absolute Gasteiger partial charge is 0.307 e. The molecule has 0 unspecified atom stereocenters. The Morgan fingerprint density at radius 2 is 1.78 bits per heavy atom. The van der Waals surface area contributed by atoms with E-state index in [0.29, 0.717) is 12.4 Å². The number of rotatable bonds is 7. The molecule has 0 saturated heterocycles. The van der Waals surface area contributed by atoms with Gasteiger partial charge >= 0.3 is 5.97 Å². The molecule has 32 heavy (non-hydrogen) atoms. The van der Waals surface area contributed by atoms with Crippen LogP contribution in [0, 0.1) is 5.82 Å². The van der Waals surface area contributed by atoms with Gasteiger partial charge in [-0.2, -0.15) is 0 Å². The van der Waals surface area contributed by atoms with Crippen LogP contribution in [0.4, 0.5) is 4.39 Å². The molecule has 3 aromatic carbocycles. The second kappa shape index (κ2) is 9.23. The van der Waals surface area contributed by atoms with Crippen molar-refractivity contribution in [2.45, 2.75) is 33.3 Å². The highest BCUT2D eigenvalue weighted by Gasteiger charge is 2.25. The Kier molecular flexibility index (Phi) is 6.22. The lowest BCUT2D eigenvalue weighted by Crippen LogP contribution is -1.97. The number of carbonyl (C=O) groups is 1. The van der Waals surface area contributed by atoms with Crippen molar-refractivity contribution in [2.24, 2.45) is 0 Å². The largest absolute Gasteiger partial charge is 0.489 e. The number of ether oxygens (including phenoxy) is 1. The third-order valence-corrected chi connectivity index (χ3v) is 5.77. The van der Waals surface area contributed by atoms with Crippen LogP contribution in [0.2, 0.25) is 0 Å². The van der Waals surface area contributed by atoms with Crippen molar-refractivity contribution in [3.63, 3.8) is 0 Å². The Balaban J connectivity index is 1.64. The maximum Gasteiger partial charge on any atom is 0.307 e. The minimum atomic E-state index is -0.826. The van der Waals surface area contributed by atoms with E-state index in [4.69, 9.17) is 4.74 Å². The van der Waals surface area contributed by atoms with Gasteiger partial charge in [-0.15, -0.1) is 0 Å². The molecule has 0 heterocycles. The van der Waals surface area contributed by atoms with E-state index in [1.807, 2.05) is 25.1 Å². The molecular formula is C28H25FO3. The third-order valence-electron chi connectivity index (χ3n) is 5.77. The summed E-state index contributed by atoms with van der Waals surface area (Å²) in [6.45, 7) is 4.47. The monoisotopic (exact) mass is 428 g/mol. The maximum absolute atomic E-state index is 13.1. The number of aryl methyl sites for hydroxylation is 1. The first-order chi connectivity index (χ1) is 15.4. The SMILES string of the molecule is CCc1ccc2c(c1)C(CC(=O)O)=C(C)/C2=C/c1cccc(COc2ccc(F)cc2)c1. The van der Waals surface area contributed by atoms with Crippen LogP contribution in [0.1, 0.15) is 48.1 Å². The summed E-state index contributed by atoms with van der Waals surface area (Å²) < 4.78 is 18.8. The van der Waals surface area contributed by atoms with Crippen molar-refractivity contribution in [1.29, 1.82) is 0 Å². The molecule has 1 aliphatic carbocycles. The number of carboxylic acid groups (broad SMARTS) is 1. The standard InChI is InChI=1S/C28H25FO3/c1-3-19-7-12-24-25(18(2)26(16-28(30)31)27(24)14-19)15-20-5-4-6-21(13-20)17-32-23-10-8-22(29)9-11-23/h4-15H,3,16-17H2,1-2H3,(H,30,31)/b25-15-. The van der Waals surface area contributed by atoms with Crippen molar-refractivity contribution < 1.29 is 19.0 Å². The van der Waals surface area contributed by atoms with Gasteiger partial charge in [0.2, 0.25) is 0 Å². The molecule has 1 aliphatic rings. The van der Waals surface area contributed by atoms with E-state index in [1.54, 1.807) is 12.1 Å². The number of carboxylic acids is 1. The van der Waals surface area contributed by atoms with Gasteiger partial charge in [-0.1, -0.05) is 43.3 Å². The van der Waals surface area contributed by atoms with E-state index >= 15 is 0 Å². The first kappa shape index (κ1) is 21.6. The normalized spacial score (nSPS) is 14.0. The lowest BCUT2D eigenvalue weighted by atomic mass is 9.97. The summed E-state index contributed by atoms with van der Waals surface area (Å²) >= 11 is 0. The molecule has 0 fully saturated rings. The van der Waals surface area contributed by atoms with Crippen LogP contribution in [0.3, 0.4) is 0 Å². The number of benzene rings is 3. The summed E-state index contributed by atoms with van der Waals surface area (Å²) in [6.07, 6.45) is 3.02. The maximum atomic E-state index is 13.1. The van der Waals surface area contributed by atoms with Gasteiger partial charge < -0.3 is 9.84 Å². The molecule has 0 atom stereocenters. The first-order valence-electron chi connectivity index (χ1n) is 10.7. The molecule has 162 valence electrons. The van der Waals surface area contributed by atoms with Gasteiger partial charge in [-0.05, 0) is 94.3 Å². The quantitative estimate of drug-likeness (QED) is 0.452. The van der Waals surface area contributed by atoms with E-state index < -0.39 is 5.97 Å². The zero-order chi connectivity index (χ0) is 22.7. The van der Waals surface area contributed by atoms with Gasteiger partial charge in [-0.25, -0.2) is 4.39 Å². The van der Waals surface area contributed by atoms with Gasteiger partial charge in [-0.3, -0.25) is 4.79 Å². The summed E-state index contributed by atoms with van der Waals surface area (Å²) in [6, 6.07) is 20.3. The Labute approximate surface area is 187 Å². The zero-order valence-corrected chi connectivity index (χ0v) is 18.2. The highest BCUT2D eigenvalue weighted by atomic mass is 19.1. The van der Waals surface area contributed by atoms with Gasteiger partial charge in [0.1, 0.15) is 18.2 Å². The number of halogens is 1. The highest BCUT2D eigenvalue weighted by Crippen LogP contribution is 2.44. The van der Waals surface area contributed by atoms with Crippen molar-refractivity contribution in [1.82, 2.24) is 0 Å². The predicted octanol–water partition coefficient (Wildman–Crippen LogP) is 6.77. The Morgan fingerprint density at radius 3 is 2.50 bits per heavy atom. The van der Waals surface area contributed by atoms with Crippen LogP contribution in [-0.2, 0) is 17.8 Å². The van der Waals surface area contributed by atoms with Gasteiger partial charge in [0.25, 0.3) is 0 Å². The molecule has 3 aromatic rings. The minimum absolute atomic E-state index is 0.00882. The van der Waals surface area contributed by atoms with Crippen LogP contribution < -0.4 is 4.74 Å². The second-order valence-electron chi connectivity index (χ2n) is 7.95. The molecule has 0 aliphatic heterocycles. The highest BCUT2D eigenvalue weighted by molar-refractivity contribution is 6.07. The molecule has 1 N–H and O–H groups in total. The fourth-order valence-corrected chi connectivity index (χ4v) is 4.06. The topological polar surface area (TPSA) is 46.5 Å². The molecule has 0 bridgehead atoms. The summed E-state index contributed by atoms with van der Waals surface area (Å²) in [5, 5.41) is 9.44. The second-order valence-corrected chi connectivity index (χ2v) is 7.95. The number of aliphatic carboxylic acids is 1. The molecule has 0 amide bonds. The van der Waals surface area contributed by atoms with Gasteiger partial charge in [0.05, 0.1) is 6.42 Å². The fraction of sp³-hybridized carbons (Fsp3) is 0.179. The lowest BCUT2D eigenvalue weighted by Gasteiger charge is -2.09. The fourth-order valence-electron chi connectivity index (χ4n) is 4.06. The molecule has 4 rings (SSSR count). The van der Waals surface area contributed by atoms with Crippen molar-refractivity contribution in [3.8, 4) is 5.75 Å². The van der Waals surface area contributed by atoms with Crippen molar-refractivity contribution in [3.05, 3.63) is 106 Å². The lowest BCUT2D eigenvalue weighted by molar-refractivity contribution is -0.135. The average molecular weight is 429 g/mol. The third kappa shape index (κ3) is 4.65. The molecule has 0 radical (unpaired) electrons. The van der Waals surface area contributed by atoms with Crippen LogP contribution >= 0.6 is 0 Å². The molecule has 0 spiro atoms. The summed E-state index contributed by atoms with van der Waals surface area (Å²) in [4.78, 5) is 11.5. The summed E-state index contributed by atoms with van der Waals surface area (Å²) in [7, 11) is 0. The Bertz CT molecular complexity index is 1220. The van der Waals surface area contributed by atoms with Gasteiger partial charge in [0, 0.05) is 0 Å². The van der Waals surface area contributed by atoms with Crippen molar-refractivity contribution in [2.75, 3.05) is 0 Å². The summed E-state index contributed by atoms with van der Waals surface area (Å²) in [5.41, 5.74) is 8.23.